The number of carboxylic acids is 1. The van der Waals surface area contributed by atoms with Crippen LogP contribution < -0.4 is 10.6 Å². The van der Waals surface area contributed by atoms with E-state index in [2.05, 4.69) is 10.6 Å². The predicted molar refractivity (Wildman–Crippen MR) is 133 cm³/mol. The maximum atomic E-state index is 12.7. The molecule has 1 unspecified atom stereocenters. The summed E-state index contributed by atoms with van der Waals surface area (Å²) in [7, 11) is 0. The van der Waals surface area contributed by atoms with E-state index in [9.17, 15) is 19.2 Å². The first-order valence-electron chi connectivity index (χ1n) is 11.1. The van der Waals surface area contributed by atoms with Crippen molar-refractivity contribution in [3.63, 3.8) is 0 Å². The van der Waals surface area contributed by atoms with E-state index in [1.807, 2.05) is 36.4 Å². The number of carbonyl (C=O) groups excluding carboxylic acids is 3. The van der Waals surface area contributed by atoms with Crippen molar-refractivity contribution in [1.29, 1.82) is 0 Å². The Morgan fingerprint density at radius 3 is 2.06 bits per heavy atom. The fourth-order valence-corrected chi connectivity index (χ4v) is 3.30. The van der Waals surface area contributed by atoms with Crippen LogP contribution in [0.2, 0.25) is 0 Å². The molecular weight excluding hydrogens is 444 g/mol. The first-order valence-corrected chi connectivity index (χ1v) is 11.1. The number of ketones is 1. The summed E-state index contributed by atoms with van der Waals surface area (Å²) in [5.41, 5.74) is 2.51. The van der Waals surface area contributed by atoms with E-state index < -0.39 is 23.8 Å². The third-order valence-electron chi connectivity index (χ3n) is 5.24. The quantitative estimate of drug-likeness (QED) is 0.291. The Bertz CT molecular complexity index is 1190. The fraction of sp³-hybridized carbons (Fsp3) is 0.143. The number of hydrogen-bond donors (Lipinski definition) is 3. The van der Waals surface area contributed by atoms with Crippen LogP contribution in [0.3, 0.4) is 0 Å². The summed E-state index contributed by atoms with van der Waals surface area (Å²) in [6, 6.07) is 23.7. The molecule has 0 radical (unpaired) electrons. The topological polar surface area (TPSA) is 113 Å². The average molecular weight is 471 g/mol. The van der Waals surface area contributed by atoms with E-state index in [1.165, 1.54) is 6.08 Å². The van der Waals surface area contributed by atoms with Crippen molar-refractivity contribution in [3.8, 4) is 0 Å². The molecule has 7 heteroatoms. The molecule has 0 aromatic heterocycles. The van der Waals surface area contributed by atoms with Crippen molar-refractivity contribution in [1.82, 2.24) is 10.6 Å². The van der Waals surface area contributed by atoms with E-state index in [1.54, 1.807) is 54.6 Å². The van der Waals surface area contributed by atoms with Crippen LogP contribution in [0.1, 0.15) is 44.7 Å². The highest BCUT2D eigenvalue weighted by atomic mass is 16.4. The minimum Gasteiger partial charge on any atom is -0.481 e. The van der Waals surface area contributed by atoms with E-state index in [0.29, 0.717) is 11.1 Å². The summed E-state index contributed by atoms with van der Waals surface area (Å²) < 4.78 is 0. The van der Waals surface area contributed by atoms with Gasteiger partial charge in [0.15, 0.2) is 5.78 Å². The van der Waals surface area contributed by atoms with Gasteiger partial charge in [0.2, 0.25) is 5.91 Å². The Labute approximate surface area is 203 Å². The summed E-state index contributed by atoms with van der Waals surface area (Å²) in [6.07, 6.45) is 2.82. The Kier molecular flexibility index (Phi) is 9.07. The number of carbonyl (C=O) groups is 4. The summed E-state index contributed by atoms with van der Waals surface area (Å²) in [4.78, 5) is 48.6. The average Bonchev–Trinajstić information content (AvgIpc) is 2.89. The Hall–Kier alpha value is -4.52. The molecule has 2 amide bonds. The summed E-state index contributed by atoms with van der Waals surface area (Å²) in [5.74, 6) is -2.13. The number of nitrogens with one attached hydrogen (secondary N) is 2. The lowest BCUT2D eigenvalue weighted by atomic mass is 10.1. The molecule has 3 aromatic carbocycles. The van der Waals surface area contributed by atoms with Gasteiger partial charge in [-0.15, -0.1) is 0 Å². The van der Waals surface area contributed by atoms with Gasteiger partial charge in [-0.25, -0.2) is 0 Å². The number of hydrogen-bond acceptors (Lipinski definition) is 4. The van der Waals surface area contributed by atoms with Gasteiger partial charge in [-0.2, -0.15) is 0 Å². The molecule has 0 heterocycles. The molecule has 0 bridgehead atoms. The zero-order valence-corrected chi connectivity index (χ0v) is 19.0. The second kappa shape index (κ2) is 12.6. The van der Waals surface area contributed by atoms with Gasteiger partial charge >= 0.3 is 5.97 Å². The molecular formula is C28H26N2O5. The standard InChI is InChI=1S/C28H26N2O5/c31-25(22-9-5-2-6-10-22)17-13-20-11-14-23(15-12-20)27(34)30-24(16-18-26(32)33)28(35)29-19-21-7-3-1-4-8-21/h1-15,17,24H,16,18-19H2,(H,29,35)(H,30,34)(H,32,33)/b17-13+. The molecule has 35 heavy (non-hydrogen) atoms. The molecule has 0 aliphatic heterocycles. The highest BCUT2D eigenvalue weighted by Crippen LogP contribution is 2.10. The minimum absolute atomic E-state index is 0.0376. The molecule has 0 fully saturated rings. The second-order valence-corrected chi connectivity index (χ2v) is 7.85. The highest BCUT2D eigenvalue weighted by molar-refractivity contribution is 6.06. The lowest BCUT2D eigenvalue weighted by Crippen LogP contribution is -2.46. The minimum atomic E-state index is -1.05. The summed E-state index contributed by atoms with van der Waals surface area (Å²) in [5, 5.41) is 14.4. The fourth-order valence-electron chi connectivity index (χ4n) is 3.30. The molecule has 0 spiro atoms. The normalized spacial score (nSPS) is 11.5. The number of benzene rings is 3. The summed E-state index contributed by atoms with van der Waals surface area (Å²) >= 11 is 0. The van der Waals surface area contributed by atoms with Crippen LogP contribution in [0.4, 0.5) is 0 Å². The lowest BCUT2D eigenvalue weighted by Gasteiger charge is -2.18. The molecule has 7 nitrogen and oxygen atoms in total. The van der Waals surface area contributed by atoms with Crippen LogP contribution in [-0.2, 0) is 16.1 Å². The van der Waals surface area contributed by atoms with Crippen LogP contribution in [0.15, 0.2) is 91.0 Å². The molecule has 3 N–H and O–H groups in total. The van der Waals surface area contributed by atoms with Crippen molar-refractivity contribution < 1.29 is 24.3 Å². The van der Waals surface area contributed by atoms with Crippen molar-refractivity contribution in [2.45, 2.75) is 25.4 Å². The molecule has 3 rings (SSSR count). The van der Waals surface area contributed by atoms with Crippen LogP contribution in [0, 0.1) is 0 Å². The molecule has 1 atom stereocenters. The van der Waals surface area contributed by atoms with E-state index in [0.717, 1.165) is 11.1 Å². The number of allylic oxidation sites excluding steroid dienone is 1. The van der Waals surface area contributed by atoms with Gasteiger partial charge in [0.1, 0.15) is 6.04 Å². The third-order valence-corrected chi connectivity index (χ3v) is 5.24. The van der Waals surface area contributed by atoms with Gasteiger partial charge in [0, 0.05) is 24.1 Å². The lowest BCUT2D eigenvalue weighted by molar-refractivity contribution is -0.137. The Morgan fingerprint density at radius 2 is 1.43 bits per heavy atom. The SMILES string of the molecule is O=C(O)CCC(NC(=O)c1ccc(/C=C/C(=O)c2ccccc2)cc1)C(=O)NCc1ccccc1. The highest BCUT2D eigenvalue weighted by Gasteiger charge is 2.22. The van der Waals surface area contributed by atoms with Crippen molar-refractivity contribution in [2.75, 3.05) is 0 Å². The summed E-state index contributed by atoms with van der Waals surface area (Å²) in [6.45, 7) is 0.266. The molecule has 178 valence electrons. The predicted octanol–water partition coefficient (Wildman–Crippen LogP) is 3.86. The monoisotopic (exact) mass is 470 g/mol. The zero-order valence-electron chi connectivity index (χ0n) is 19.0. The Morgan fingerprint density at radius 1 is 0.800 bits per heavy atom. The maximum absolute atomic E-state index is 12.7. The van der Waals surface area contributed by atoms with E-state index in [-0.39, 0.29) is 25.2 Å². The van der Waals surface area contributed by atoms with E-state index >= 15 is 0 Å². The van der Waals surface area contributed by atoms with Gasteiger partial charge in [-0.1, -0.05) is 78.9 Å². The number of aliphatic carboxylic acids is 1. The third kappa shape index (κ3) is 8.08. The largest absolute Gasteiger partial charge is 0.481 e. The van der Waals surface area contributed by atoms with Crippen LogP contribution >= 0.6 is 0 Å². The van der Waals surface area contributed by atoms with Crippen molar-refractivity contribution in [3.05, 3.63) is 113 Å². The smallest absolute Gasteiger partial charge is 0.303 e. The molecule has 3 aromatic rings. The van der Waals surface area contributed by atoms with Crippen molar-refractivity contribution in [2.24, 2.45) is 0 Å². The van der Waals surface area contributed by atoms with Gasteiger partial charge in [-0.3, -0.25) is 19.2 Å². The number of carboxylic acid groups (broad SMARTS) is 1. The zero-order chi connectivity index (χ0) is 25.0. The van der Waals surface area contributed by atoms with Gasteiger partial charge in [0.25, 0.3) is 5.91 Å². The van der Waals surface area contributed by atoms with Crippen LogP contribution in [-0.4, -0.2) is 34.7 Å². The Balaban J connectivity index is 1.61. The molecule has 0 aliphatic carbocycles. The molecule has 0 saturated heterocycles. The molecule has 0 aliphatic rings. The first-order chi connectivity index (χ1) is 16.9. The first kappa shape index (κ1) is 25.1. The van der Waals surface area contributed by atoms with Crippen molar-refractivity contribution >= 4 is 29.6 Å². The maximum Gasteiger partial charge on any atom is 0.303 e. The van der Waals surface area contributed by atoms with Gasteiger partial charge in [0.05, 0.1) is 0 Å². The number of rotatable bonds is 11. The van der Waals surface area contributed by atoms with E-state index in [4.69, 9.17) is 5.11 Å². The number of amides is 2. The van der Waals surface area contributed by atoms with Gasteiger partial charge in [-0.05, 0) is 35.8 Å². The molecule has 0 saturated carbocycles. The van der Waals surface area contributed by atoms with Crippen LogP contribution in [0.5, 0.6) is 0 Å². The van der Waals surface area contributed by atoms with Gasteiger partial charge < -0.3 is 15.7 Å². The van der Waals surface area contributed by atoms with Crippen LogP contribution in [0.25, 0.3) is 6.08 Å². The second-order valence-electron chi connectivity index (χ2n) is 7.85.